The molecule has 1 rings (SSSR count). The Labute approximate surface area is 92.7 Å². The number of hydrogen-bond acceptors (Lipinski definition) is 3. The van der Waals surface area contributed by atoms with E-state index in [-0.39, 0.29) is 12.8 Å². The highest BCUT2D eigenvalue weighted by Gasteiger charge is 2.22. The van der Waals surface area contributed by atoms with Gasteiger partial charge in [-0.15, -0.1) is 0 Å². The Bertz CT molecular complexity index is 389. The largest absolute Gasteiger partial charge is 0.481 e. The van der Waals surface area contributed by atoms with E-state index in [2.05, 4.69) is 0 Å². The van der Waals surface area contributed by atoms with E-state index in [4.69, 9.17) is 14.6 Å². The van der Waals surface area contributed by atoms with Crippen LogP contribution in [0.25, 0.3) is 0 Å². The Hall–Kier alpha value is -1.78. The number of aliphatic carboxylic acids is 2. The minimum Gasteiger partial charge on any atom is -0.481 e. The van der Waals surface area contributed by atoms with Gasteiger partial charge in [-0.2, -0.15) is 0 Å². The molecule has 5 nitrogen and oxygen atoms in total. The first kappa shape index (κ1) is 12.3. The van der Waals surface area contributed by atoms with Gasteiger partial charge in [0.25, 0.3) is 0 Å². The molecule has 0 bridgehead atoms. The van der Waals surface area contributed by atoms with Gasteiger partial charge < -0.3 is 14.6 Å². The number of carbonyl (C=O) groups is 2. The van der Waals surface area contributed by atoms with Crippen LogP contribution in [0, 0.1) is 13.8 Å². The predicted octanol–water partition coefficient (Wildman–Crippen LogP) is 1.93. The zero-order valence-corrected chi connectivity index (χ0v) is 9.19. The van der Waals surface area contributed by atoms with Crippen molar-refractivity contribution >= 4 is 11.9 Å². The summed E-state index contributed by atoms with van der Waals surface area (Å²) in [5, 5.41) is 17.5. The summed E-state index contributed by atoms with van der Waals surface area (Å²) in [6.45, 7) is 3.45. The minimum atomic E-state index is -1.01. The highest BCUT2D eigenvalue weighted by Crippen LogP contribution is 2.28. The standard InChI is InChI=1S/C11H14O5/c1-6-3-9(7(2)16-6)8(4-10(12)13)5-11(14)15/h3,8H,4-5H2,1-2H3,(H,12,13)(H,14,15). The summed E-state index contributed by atoms with van der Waals surface area (Å²) in [5.41, 5.74) is 0.669. The molecule has 1 heterocycles. The molecule has 0 spiro atoms. The zero-order valence-electron chi connectivity index (χ0n) is 9.19. The SMILES string of the molecule is Cc1cc(C(CC(=O)O)CC(=O)O)c(C)o1. The summed E-state index contributed by atoms with van der Waals surface area (Å²) in [4.78, 5) is 21.3. The molecule has 0 aliphatic rings. The molecule has 1 aromatic heterocycles. The van der Waals surface area contributed by atoms with Crippen LogP contribution in [0.4, 0.5) is 0 Å². The molecule has 0 aliphatic heterocycles. The molecule has 0 saturated heterocycles. The number of carboxylic acids is 2. The van der Waals surface area contributed by atoms with Gasteiger partial charge in [-0.1, -0.05) is 0 Å². The minimum absolute atomic E-state index is 0.202. The lowest BCUT2D eigenvalue weighted by molar-refractivity contribution is -0.139. The fourth-order valence-electron chi connectivity index (χ4n) is 1.77. The van der Waals surface area contributed by atoms with E-state index in [1.807, 2.05) is 0 Å². The maximum absolute atomic E-state index is 10.7. The number of rotatable bonds is 5. The molecule has 0 atom stereocenters. The summed E-state index contributed by atoms with van der Waals surface area (Å²) in [6, 6.07) is 1.70. The first-order valence-electron chi connectivity index (χ1n) is 4.90. The molecule has 0 aliphatic carbocycles. The average Bonchev–Trinajstić information content (AvgIpc) is 2.42. The van der Waals surface area contributed by atoms with Crippen molar-refractivity contribution in [1.29, 1.82) is 0 Å². The Morgan fingerprint density at radius 3 is 2.06 bits per heavy atom. The molecule has 0 aromatic carbocycles. The van der Waals surface area contributed by atoms with Crippen LogP contribution in [0.2, 0.25) is 0 Å². The van der Waals surface area contributed by atoms with Gasteiger partial charge in [0.05, 0.1) is 12.8 Å². The Balaban J connectivity index is 2.95. The van der Waals surface area contributed by atoms with Crippen LogP contribution >= 0.6 is 0 Å². The molecule has 16 heavy (non-hydrogen) atoms. The van der Waals surface area contributed by atoms with Crippen molar-refractivity contribution in [1.82, 2.24) is 0 Å². The summed E-state index contributed by atoms with van der Waals surface area (Å²) >= 11 is 0. The predicted molar refractivity (Wildman–Crippen MR) is 55.4 cm³/mol. The van der Waals surface area contributed by atoms with Gasteiger partial charge in [0.2, 0.25) is 0 Å². The highest BCUT2D eigenvalue weighted by molar-refractivity contribution is 5.72. The maximum Gasteiger partial charge on any atom is 0.303 e. The van der Waals surface area contributed by atoms with E-state index in [9.17, 15) is 9.59 Å². The van der Waals surface area contributed by atoms with Crippen LogP contribution in [-0.2, 0) is 9.59 Å². The Morgan fingerprint density at radius 2 is 1.75 bits per heavy atom. The third-order valence-corrected chi connectivity index (χ3v) is 2.36. The summed E-state index contributed by atoms with van der Waals surface area (Å²) in [7, 11) is 0. The first-order valence-corrected chi connectivity index (χ1v) is 4.90. The van der Waals surface area contributed by atoms with Gasteiger partial charge in [0.15, 0.2) is 0 Å². The van der Waals surface area contributed by atoms with Crippen LogP contribution < -0.4 is 0 Å². The van der Waals surface area contributed by atoms with Crippen molar-refractivity contribution in [3.63, 3.8) is 0 Å². The fraction of sp³-hybridized carbons (Fsp3) is 0.455. The van der Waals surface area contributed by atoms with Crippen LogP contribution in [0.5, 0.6) is 0 Å². The smallest absolute Gasteiger partial charge is 0.303 e. The molecular formula is C11H14O5. The van der Waals surface area contributed by atoms with Crippen LogP contribution in [0.15, 0.2) is 10.5 Å². The molecule has 0 unspecified atom stereocenters. The summed E-state index contributed by atoms with van der Waals surface area (Å²) in [6.07, 6.45) is -0.405. The van der Waals surface area contributed by atoms with E-state index in [0.29, 0.717) is 17.1 Å². The van der Waals surface area contributed by atoms with E-state index >= 15 is 0 Å². The van der Waals surface area contributed by atoms with E-state index in [1.54, 1.807) is 19.9 Å². The number of carboxylic acid groups (broad SMARTS) is 2. The molecule has 2 N–H and O–H groups in total. The lowest BCUT2D eigenvalue weighted by atomic mass is 9.93. The average molecular weight is 226 g/mol. The third kappa shape index (κ3) is 3.12. The molecular weight excluding hydrogens is 212 g/mol. The topological polar surface area (TPSA) is 87.7 Å². The molecule has 0 amide bonds. The molecule has 0 radical (unpaired) electrons. The van der Waals surface area contributed by atoms with Gasteiger partial charge in [-0.3, -0.25) is 9.59 Å². The number of aryl methyl sites for hydroxylation is 2. The molecule has 88 valence electrons. The van der Waals surface area contributed by atoms with Crippen molar-refractivity contribution in [2.45, 2.75) is 32.6 Å². The third-order valence-electron chi connectivity index (χ3n) is 2.36. The second kappa shape index (κ2) is 4.83. The molecule has 1 aromatic rings. The van der Waals surface area contributed by atoms with Gasteiger partial charge >= 0.3 is 11.9 Å². The zero-order chi connectivity index (χ0) is 12.3. The molecule has 0 saturated carbocycles. The van der Waals surface area contributed by atoms with Gasteiger partial charge in [-0.05, 0) is 25.5 Å². The van der Waals surface area contributed by atoms with Crippen molar-refractivity contribution in [2.24, 2.45) is 0 Å². The van der Waals surface area contributed by atoms with Crippen molar-refractivity contribution in [2.75, 3.05) is 0 Å². The fourth-order valence-corrected chi connectivity index (χ4v) is 1.77. The maximum atomic E-state index is 10.7. The van der Waals surface area contributed by atoms with Crippen molar-refractivity contribution in [3.8, 4) is 0 Å². The molecule has 5 heteroatoms. The van der Waals surface area contributed by atoms with E-state index in [1.165, 1.54) is 0 Å². The van der Waals surface area contributed by atoms with E-state index in [0.717, 1.165) is 0 Å². The Kier molecular flexibility index (Phi) is 3.71. The van der Waals surface area contributed by atoms with E-state index < -0.39 is 17.9 Å². The van der Waals surface area contributed by atoms with Crippen LogP contribution in [0.1, 0.15) is 35.8 Å². The second-order valence-electron chi connectivity index (χ2n) is 3.76. The molecule has 0 fully saturated rings. The van der Waals surface area contributed by atoms with Crippen molar-refractivity contribution < 1.29 is 24.2 Å². The lowest BCUT2D eigenvalue weighted by Gasteiger charge is -2.10. The van der Waals surface area contributed by atoms with Gasteiger partial charge in [0.1, 0.15) is 11.5 Å². The number of hydrogen-bond donors (Lipinski definition) is 2. The highest BCUT2D eigenvalue weighted by atomic mass is 16.4. The first-order chi connectivity index (χ1) is 7.40. The van der Waals surface area contributed by atoms with Crippen LogP contribution in [-0.4, -0.2) is 22.2 Å². The van der Waals surface area contributed by atoms with Gasteiger partial charge in [-0.25, -0.2) is 0 Å². The summed E-state index contributed by atoms with van der Waals surface area (Å²) < 4.78 is 5.27. The van der Waals surface area contributed by atoms with Crippen molar-refractivity contribution in [3.05, 3.63) is 23.2 Å². The normalized spacial score (nSPS) is 10.7. The summed E-state index contributed by atoms with van der Waals surface area (Å²) in [5.74, 6) is -1.31. The quantitative estimate of drug-likeness (QED) is 0.800. The number of furan rings is 1. The van der Waals surface area contributed by atoms with Crippen LogP contribution in [0.3, 0.4) is 0 Å². The second-order valence-corrected chi connectivity index (χ2v) is 3.76. The lowest BCUT2D eigenvalue weighted by Crippen LogP contribution is -2.11. The Morgan fingerprint density at radius 1 is 1.25 bits per heavy atom. The monoisotopic (exact) mass is 226 g/mol. The van der Waals surface area contributed by atoms with Gasteiger partial charge in [0, 0.05) is 5.92 Å².